The van der Waals surface area contributed by atoms with Crippen molar-refractivity contribution in [3.8, 4) is 0 Å². The Bertz CT molecular complexity index is 437. The maximum atomic E-state index is 12.0. The summed E-state index contributed by atoms with van der Waals surface area (Å²) in [5.41, 5.74) is 1.71. The number of carbonyl (C=O) groups excluding carboxylic acids is 2. The average molecular weight is 263 g/mol. The van der Waals surface area contributed by atoms with Crippen molar-refractivity contribution in [1.82, 2.24) is 0 Å². The minimum absolute atomic E-state index is 0.244. The van der Waals surface area contributed by atoms with E-state index in [1.54, 1.807) is 12.1 Å². The number of nitrogens with zero attached hydrogens (tertiary/aromatic N) is 1. The van der Waals surface area contributed by atoms with Gasteiger partial charge in [0.1, 0.15) is 0 Å². The molecule has 0 fully saturated rings. The number of hydrogen-bond acceptors (Lipinski definition) is 3. The van der Waals surface area contributed by atoms with Gasteiger partial charge in [-0.3, -0.25) is 4.79 Å². The van der Waals surface area contributed by atoms with Gasteiger partial charge in [-0.1, -0.05) is 32.9 Å². The molecule has 19 heavy (non-hydrogen) atoms. The zero-order valence-corrected chi connectivity index (χ0v) is 12.0. The van der Waals surface area contributed by atoms with Gasteiger partial charge in [0.2, 0.25) is 5.91 Å². The van der Waals surface area contributed by atoms with E-state index < -0.39 is 6.09 Å². The highest BCUT2D eigenvalue weighted by Crippen LogP contribution is 2.21. The van der Waals surface area contributed by atoms with Gasteiger partial charge in [0.25, 0.3) is 0 Å². The zero-order valence-electron chi connectivity index (χ0n) is 12.0. The van der Waals surface area contributed by atoms with Crippen LogP contribution in [0.4, 0.5) is 10.5 Å². The van der Waals surface area contributed by atoms with Gasteiger partial charge in [0, 0.05) is 6.42 Å². The van der Waals surface area contributed by atoms with Gasteiger partial charge in [-0.15, -0.1) is 0 Å². The zero-order chi connectivity index (χ0) is 14.4. The first kappa shape index (κ1) is 15.2. The Kier molecular flexibility index (Phi) is 5.55. The van der Waals surface area contributed by atoms with Crippen molar-refractivity contribution in [2.24, 2.45) is 0 Å². The van der Waals surface area contributed by atoms with E-state index in [-0.39, 0.29) is 5.91 Å². The number of carbonyl (C=O) groups is 2. The molecule has 1 rings (SSSR count). The Labute approximate surface area is 114 Å². The molecule has 1 aromatic carbocycles. The quantitative estimate of drug-likeness (QED) is 0.832. The van der Waals surface area contributed by atoms with Crippen LogP contribution in [0.2, 0.25) is 0 Å². The Morgan fingerprint density at radius 3 is 2.21 bits per heavy atom. The smallest absolute Gasteiger partial charge is 0.420 e. The minimum Gasteiger partial charge on any atom is -0.452 e. The molecule has 0 saturated heterocycles. The fraction of sp³-hybridized carbons (Fsp3) is 0.467. The van der Waals surface area contributed by atoms with Crippen LogP contribution in [0.3, 0.4) is 0 Å². The van der Waals surface area contributed by atoms with E-state index >= 15 is 0 Å². The molecular weight excluding hydrogens is 242 g/mol. The fourth-order valence-electron chi connectivity index (χ4n) is 1.78. The third-order valence-corrected chi connectivity index (χ3v) is 2.89. The highest BCUT2D eigenvalue weighted by molar-refractivity contribution is 6.12. The van der Waals surface area contributed by atoms with Gasteiger partial charge in [0.05, 0.1) is 12.8 Å². The molecule has 1 aromatic rings. The summed E-state index contributed by atoms with van der Waals surface area (Å²) in [6.07, 6.45) is 0.369. The predicted molar refractivity (Wildman–Crippen MR) is 75.3 cm³/mol. The lowest BCUT2D eigenvalue weighted by molar-refractivity contribution is -0.118. The monoisotopic (exact) mass is 263 g/mol. The first-order valence-corrected chi connectivity index (χ1v) is 6.52. The summed E-state index contributed by atoms with van der Waals surface area (Å²) in [5.74, 6) is 0.165. The summed E-state index contributed by atoms with van der Waals surface area (Å²) >= 11 is 0. The third kappa shape index (κ3) is 3.81. The van der Waals surface area contributed by atoms with E-state index in [1.165, 1.54) is 7.11 Å². The van der Waals surface area contributed by atoms with Crippen molar-refractivity contribution in [2.75, 3.05) is 12.0 Å². The first-order chi connectivity index (χ1) is 9.01. The molecule has 0 N–H and O–H groups in total. The summed E-state index contributed by atoms with van der Waals surface area (Å²) in [7, 11) is 1.27. The maximum Gasteiger partial charge on any atom is 0.420 e. The summed E-state index contributed by atoms with van der Waals surface area (Å²) in [4.78, 5) is 24.8. The molecule has 0 radical (unpaired) electrons. The molecule has 0 unspecified atom stereocenters. The normalized spacial score (nSPS) is 10.4. The summed E-state index contributed by atoms with van der Waals surface area (Å²) in [5, 5.41) is 0. The SMILES string of the molecule is CCCC(=O)N(C(=O)OC)c1ccc(C(C)C)cc1. The van der Waals surface area contributed by atoms with Gasteiger partial charge >= 0.3 is 6.09 Å². The van der Waals surface area contributed by atoms with Crippen molar-refractivity contribution < 1.29 is 14.3 Å². The Balaban J connectivity index is 3.03. The van der Waals surface area contributed by atoms with E-state index in [4.69, 9.17) is 0 Å². The second-order valence-corrected chi connectivity index (χ2v) is 4.70. The van der Waals surface area contributed by atoms with Crippen LogP contribution < -0.4 is 4.90 Å². The van der Waals surface area contributed by atoms with Crippen LogP contribution in [0.15, 0.2) is 24.3 Å². The van der Waals surface area contributed by atoms with Gasteiger partial charge in [-0.2, -0.15) is 0 Å². The van der Waals surface area contributed by atoms with Crippen LogP contribution in [0.25, 0.3) is 0 Å². The molecule has 0 aromatic heterocycles. The molecular formula is C15H21NO3. The van der Waals surface area contributed by atoms with Gasteiger partial charge in [-0.05, 0) is 30.0 Å². The highest BCUT2D eigenvalue weighted by Gasteiger charge is 2.23. The molecule has 4 nitrogen and oxygen atoms in total. The molecule has 0 saturated carbocycles. The van der Waals surface area contributed by atoms with Crippen molar-refractivity contribution in [2.45, 2.75) is 39.5 Å². The minimum atomic E-state index is -0.643. The Hall–Kier alpha value is -1.84. The number of hydrogen-bond donors (Lipinski definition) is 0. The molecule has 0 spiro atoms. The standard InChI is InChI=1S/C15H21NO3/c1-5-6-14(17)16(15(18)19-4)13-9-7-12(8-10-13)11(2)3/h7-11H,5-6H2,1-4H3. The molecule has 2 amide bonds. The predicted octanol–water partition coefficient (Wildman–Crippen LogP) is 3.71. The molecule has 0 aliphatic carbocycles. The van der Waals surface area contributed by atoms with E-state index in [9.17, 15) is 9.59 Å². The lowest BCUT2D eigenvalue weighted by Gasteiger charge is -2.19. The summed E-state index contributed by atoms with van der Waals surface area (Å²) in [6.45, 7) is 6.08. The van der Waals surface area contributed by atoms with Crippen LogP contribution in [0.5, 0.6) is 0 Å². The molecule has 0 aliphatic heterocycles. The molecule has 104 valence electrons. The van der Waals surface area contributed by atoms with Gasteiger partial charge in [0.15, 0.2) is 0 Å². The summed E-state index contributed by atoms with van der Waals surface area (Å²) < 4.78 is 4.68. The van der Waals surface area contributed by atoms with Crippen molar-refractivity contribution in [1.29, 1.82) is 0 Å². The maximum absolute atomic E-state index is 12.0. The van der Waals surface area contributed by atoms with E-state index in [1.807, 2.05) is 19.1 Å². The number of amides is 2. The topological polar surface area (TPSA) is 46.6 Å². The van der Waals surface area contributed by atoms with E-state index in [0.29, 0.717) is 24.4 Å². The Morgan fingerprint density at radius 1 is 1.21 bits per heavy atom. The summed E-state index contributed by atoms with van der Waals surface area (Å²) in [6, 6.07) is 7.41. The molecule has 4 heteroatoms. The lowest BCUT2D eigenvalue weighted by atomic mass is 10.0. The number of benzene rings is 1. The van der Waals surface area contributed by atoms with Crippen LogP contribution in [-0.2, 0) is 9.53 Å². The van der Waals surface area contributed by atoms with Gasteiger partial charge in [-0.25, -0.2) is 9.69 Å². The average Bonchev–Trinajstić information content (AvgIpc) is 2.39. The van der Waals surface area contributed by atoms with Gasteiger partial charge < -0.3 is 4.74 Å². The number of rotatable bonds is 4. The van der Waals surface area contributed by atoms with Crippen LogP contribution in [0.1, 0.15) is 45.1 Å². The van der Waals surface area contributed by atoms with Crippen LogP contribution in [0, 0.1) is 0 Å². The number of methoxy groups -OCH3 is 1. The fourth-order valence-corrected chi connectivity index (χ4v) is 1.78. The molecule has 0 aliphatic rings. The largest absolute Gasteiger partial charge is 0.452 e. The van der Waals surface area contributed by atoms with Crippen molar-refractivity contribution >= 4 is 17.7 Å². The van der Waals surface area contributed by atoms with Crippen molar-refractivity contribution in [3.63, 3.8) is 0 Å². The second kappa shape index (κ2) is 6.92. The third-order valence-electron chi connectivity index (χ3n) is 2.89. The van der Waals surface area contributed by atoms with E-state index in [2.05, 4.69) is 18.6 Å². The Morgan fingerprint density at radius 2 is 1.79 bits per heavy atom. The van der Waals surface area contributed by atoms with Crippen LogP contribution in [-0.4, -0.2) is 19.1 Å². The van der Waals surface area contributed by atoms with Crippen molar-refractivity contribution in [3.05, 3.63) is 29.8 Å². The van der Waals surface area contributed by atoms with Crippen LogP contribution >= 0.6 is 0 Å². The number of ether oxygens (including phenoxy) is 1. The highest BCUT2D eigenvalue weighted by atomic mass is 16.5. The number of imide groups is 1. The lowest BCUT2D eigenvalue weighted by Crippen LogP contribution is -2.36. The second-order valence-electron chi connectivity index (χ2n) is 4.70. The number of anilines is 1. The first-order valence-electron chi connectivity index (χ1n) is 6.52. The molecule has 0 atom stereocenters. The van der Waals surface area contributed by atoms with E-state index in [0.717, 1.165) is 10.5 Å². The molecule has 0 bridgehead atoms. The molecule has 0 heterocycles.